The van der Waals surface area contributed by atoms with Gasteiger partial charge in [-0.1, -0.05) is 42.5 Å². The lowest BCUT2D eigenvalue weighted by Crippen LogP contribution is -2.38. The number of ether oxygens (including phenoxy) is 2. The van der Waals surface area contributed by atoms with Crippen LogP contribution in [0.1, 0.15) is 37.4 Å². The molecule has 1 aromatic carbocycles. The molecule has 0 spiro atoms. The van der Waals surface area contributed by atoms with E-state index in [-0.39, 0.29) is 50.4 Å². The summed E-state index contributed by atoms with van der Waals surface area (Å²) in [7, 11) is 0. The predicted molar refractivity (Wildman–Crippen MR) is 110 cm³/mol. The van der Waals surface area contributed by atoms with E-state index >= 15 is 0 Å². The summed E-state index contributed by atoms with van der Waals surface area (Å²) in [6.07, 6.45) is 4.31. The second-order valence-corrected chi connectivity index (χ2v) is 6.97. The van der Waals surface area contributed by atoms with Gasteiger partial charge in [0.25, 0.3) is 0 Å². The van der Waals surface area contributed by atoms with Crippen LogP contribution in [-0.2, 0) is 23.9 Å². The molecule has 8 nitrogen and oxygen atoms in total. The number of benzene rings is 1. The fourth-order valence-corrected chi connectivity index (χ4v) is 3.04. The minimum atomic E-state index is -0.579. The number of aliphatic hydroxyl groups excluding tert-OH is 1. The van der Waals surface area contributed by atoms with Gasteiger partial charge < -0.3 is 25.2 Å². The van der Waals surface area contributed by atoms with Crippen molar-refractivity contribution in [2.24, 2.45) is 5.92 Å². The highest BCUT2D eigenvalue weighted by Gasteiger charge is 2.24. The number of cyclic esters (lactones) is 1. The van der Waals surface area contributed by atoms with Gasteiger partial charge in [-0.3, -0.25) is 14.4 Å². The number of esters is 1. The summed E-state index contributed by atoms with van der Waals surface area (Å²) in [6, 6.07) is 9.26. The van der Waals surface area contributed by atoms with Gasteiger partial charge in [0, 0.05) is 19.4 Å². The largest absolute Gasteiger partial charge is 0.456 e. The Morgan fingerprint density at radius 1 is 1.20 bits per heavy atom. The molecule has 2 atom stereocenters. The molecule has 0 unspecified atom stereocenters. The van der Waals surface area contributed by atoms with Gasteiger partial charge in [-0.25, -0.2) is 0 Å². The lowest BCUT2D eigenvalue weighted by atomic mass is 9.98. The second kappa shape index (κ2) is 13.5. The number of rotatable bonds is 8. The molecule has 0 aliphatic carbocycles. The lowest BCUT2D eigenvalue weighted by Gasteiger charge is -2.21. The number of aliphatic hydroxyl groups is 1. The van der Waals surface area contributed by atoms with E-state index < -0.39 is 12.0 Å². The van der Waals surface area contributed by atoms with Crippen LogP contribution in [0.4, 0.5) is 0 Å². The average Bonchev–Trinajstić information content (AvgIpc) is 2.75. The molecule has 164 valence electrons. The highest BCUT2D eigenvalue weighted by atomic mass is 16.5. The molecule has 30 heavy (non-hydrogen) atoms. The van der Waals surface area contributed by atoms with Crippen molar-refractivity contribution in [3.63, 3.8) is 0 Å². The van der Waals surface area contributed by atoms with E-state index in [1.165, 1.54) is 0 Å². The maximum Gasteiger partial charge on any atom is 0.306 e. The van der Waals surface area contributed by atoms with Gasteiger partial charge in [0.05, 0.1) is 32.3 Å². The molecule has 1 aromatic rings. The summed E-state index contributed by atoms with van der Waals surface area (Å²) in [5, 5.41) is 14.2. The average molecular weight is 418 g/mol. The van der Waals surface area contributed by atoms with Gasteiger partial charge in [0.1, 0.15) is 6.10 Å². The van der Waals surface area contributed by atoms with Gasteiger partial charge in [-0.05, 0) is 18.4 Å². The Bertz CT molecular complexity index is 707. The standard InChI is InChI=1S/C22H30N2O6/c25-12-14-29-13-11-23-20(26)15-18-9-5-2-6-10-21(27)30-19(16-24-22(18)28)17-7-3-1-4-8-17/h1-5,7-8,18-19,25H,6,9-16H2,(H,23,26)(H,24,28)/t18-,19-/m1/s1. The minimum absolute atomic E-state index is 0.0476. The fraction of sp³-hybridized carbons (Fsp3) is 0.500. The van der Waals surface area contributed by atoms with Crippen molar-refractivity contribution in [1.82, 2.24) is 10.6 Å². The first-order chi connectivity index (χ1) is 14.6. The third-order valence-electron chi connectivity index (χ3n) is 4.62. The van der Waals surface area contributed by atoms with E-state index in [0.29, 0.717) is 26.0 Å². The highest BCUT2D eigenvalue weighted by molar-refractivity contribution is 5.86. The molecule has 0 aromatic heterocycles. The normalized spacial score (nSPS) is 20.4. The molecule has 1 aliphatic rings. The Labute approximate surface area is 176 Å². The Kier molecular flexibility index (Phi) is 10.6. The van der Waals surface area contributed by atoms with Crippen LogP contribution in [0.2, 0.25) is 0 Å². The topological polar surface area (TPSA) is 114 Å². The van der Waals surface area contributed by atoms with E-state index in [2.05, 4.69) is 10.6 Å². The van der Waals surface area contributed by atoms with E-state index in [1.54, 1.807) is 0 Å². The maximum atomic E-state index is 12.7. The predicted octanol–water partition coefficient (Wildman–Crippen LogP) is 1.26. The van der Waals surface area contributed by atoms with Crippen molar-refractivity contribution in [2.75, 3.05) is 32.9 Å². The van der Waals surface area contributed by atoms with Crippen molar-refractivity contribution in [3.05, 3.63) is 48.0 Å². The molecule has 0 bridgehead atoms. The fourth-order valence-electron chi connectivity index (χ4n) is 3.04. The Balaban J connectivity index is 1.97. The molecular formula is C22H30N2O6. The van der Waals surface area contributed by atoms with Crippen LogP contribution in [0, 0.1) is 5.92 Å². The van der Waals surface area contributed by atoms with Crippen LogP contribution >= 0.6 is 0 Å². The SMILES string of the molecule is O=C(C[C@H]1CC=CCCC(=O)O[C@@H](c2ccccc2)CNC1=O)NCCOCCO. The van der Waals surface area contributed by atoms with Gasteiger partial charge in [0.15, 0.2) is 0 Å². The number of amides is 2. The zero-order valence-electron chi connectivity index (χ0n) is 17.0. The van der Waals surface area contributed by atoms with Crippen LogP contribution in [0.3, 0.4) is 0 Å². The number of nitrogens with one attached hydrogen (secondary N) is 2. The van der Waals surface area contributed by atoms with E-state index in [0.717, 1.165) is 5.56 Å². The Morgan fingerprint density at radius 3 is 2.77 bits per heavy atom. The molecule has 2 rings (SSSR count). The summed E-state index contributed by atoms with van der Waals surface area (Å²) < 4.78 is 10.7. The first-order valence-electron chi connectivity index (χ1n) is 10.2. The molecule has 0 saturated carbocycles. The van der Waals surface area contributed by atoms with Gasteiger partial charge in [-0.15, -0.1) is 0 Å². The first-order valence-corrected chi connectivity index (χ1v) is 10.2. The number of carbonyl (C=O) groups is 3. The number of carbonyl (C=O) groups excluding carboxylic acids is 3. The summed E-state index contributed by atoms with van der Waals surface area (Å²) in [5.41, 5.74) is 0.802. The van der Waals surface area contributed by atoms with Gasteiger partial charge >= 0.3 is 5.97 Å². The third kappa shape index (κ3) is 8.75. The van der Waals surface area contributed by atoms with Crippen molar-refractivity contribution < 1.29 is 29.0 Å². The molecule has 1 aliphatic heterocycles. The molecule has 8 heteroatoms. The summed E-state index contributed by atoms with van der Waals surface area (Å²) in [5.74, 6) is -1.34. The quantitative estimate of drug-likeness (QED) is 0.333. The van der Waals surface area contributed by atoms with Crippen molar-refractivity contribution in [3.8, 4) is 0 Å². The number of allylic oxidation sites excluding steroid dienone is 2. The summed E-state index contributed by atoms with van der Waals surface area (Å²) >= 11 is 0. The van der Waals surface area contributed by atoms with E-state index in [1.807, 2.05) is 42.5 Å². The molecule has 1 heterocycles. The van der Waals surface area contributed by atoms with Crippen LogP contribution in [0.15, 0.2) is 42.5 Å². The van der Waals surface area contributed by atoms with Crippen molar-refractivity contribution >= 4 is 17.8 Å². The number of hydrogen-bond acceptors (Lipinski definition) is 6. The van der Waals surface area contributed by atoms with Crippen molar-refractivity contribution in [2.45, 2.75) is 31.8 Å². The smallest absolute Gasteiger partial charge is 0.306 e. The van der Waals surface area contributed by atoms with Gasteiger partial charge in [0.2, 0.25) is 11.8 Å². The van der Waals surface area contributed by atoms with E-state index in [9.17, 15) is 14.4 Å². The molecule has 0 saturated heterocycles. The number of hydrogen-bond donors (Lipinski definition) is 3. The summed E-state index contributed by atoms with van der Waals surface area (Å²) in [6.45, 7) is 0.911. The monoisotopic (exact) mass is 418 g/mol. The Hall–Kier alpha value is -2.71. The molecule has 0 radical (unpaired) electrons. The van der Waals surface area contributed by atoms with Crippen molar-refractivity contribution in [1.29, 1.82) is 0 Å². The van der Waals surface area contributed by atoms with Gasteiger partial charge in [-0.2, -0.15) is 0 Å². The van der Waals surface area contributed by atoms with Crippen LogP contribution in [0.5, 0.6) is 0 Å². The molecule has 3 N–H and O–H groups in total. The second-order valence-electron chi connectivity index (χ2n) is 6.97. The first kappa shape index (κ1) is 23.6. The zero-order chi connectivity index (χ0) is 21.6. The molecule has 2 amide bonds. The Morgan fingerprint density at radius 2 is 2.00 bits per heavy atom. The lowest BCUT2D eigenvalue weighted by molar-refractivity contribution is -0.150. The van der Waals surface area contributed by atoms with Crippen LogP contribution in [0.25, 0.3) is 0 Å². The highest BCUT2D eigenvalue weighted by Crippen LogP contribution is 2.19. The summed E-state index contributed by atoms with van der Waals surface area (Å²) in [4.78, 5) is 37.0. The minimum Gasteiger partial charge on any atom is -0.456 e. The maximum absolute atomic E-state index is 12.7. The van der Waals surface area contributed by atoms with E-state index in [4.69, 9.17) is 14.6 Å². The van der Waals surface area contributed by atoms with Crippen LogP contribution < -0.4 is 10.6 Å². The van der Waals surface area contributed by atoms with Crippen LogP contribution in [-0.4, -0.2) is 55.8 Å². The third-order valence-corrected chi connectivity index (χ3v) is 4.62. The zero-order valence-corrected chi connectivity index (χ0v) is 17.0. The molecule has 0 fully saturated rings. The molecular weight excluding hydrogens is 388 g/mol.